The summed E-state index contributed by atoms with van der Waals surface area (Å²) in [6.45, 7) is 2.17. The topological polar surface area (TPSA) is 101 Å². The third kappa shape index (κ3) is 4.50. The number of methoxy groups -OCH3 is 1. The molecule has 9 heteroatoms. The predicted molar refractivity (Wildman–Crippen MR) is 119 cm³/mol. The zero-order valence-corrected chi connectivity index (χ0v) is 17.8. The van der Waals surface area contributed by atoms with Crippen LogP contribution >= 0.6 is 11.6 Å². The predicted octanol–water partition coefficient (Wildman–Crippen LogP) is 4.23. The largest absolute Gasteiger partial charge is 0.467 e. The Kier molecular flexibility index (Phi) is 6.11. The van der Waals surface area contributed by atoms with E-state index < -0.39 is 0 Å². The van der Waals surface area contributed by atoms with E-state index in [-0.39, 0.29) is 12.8 Å². The van der Waals surface area contributed by atoms with E-state index in [2.05, 4.69) is 20.3 Å². The molecule has 0 aliphatic rings. The van der Waals surface area contributed by atoms with Crippen molar-refractivity contribution in [1.29, 1.82) is 0 Å². The van der Waals surface area contributed by atoms with Crippen LogP contribution in [0.1, 0.15) is 18.5 Å². The van der Waals surface area contributed by atoms with Gasteiger partial charge in [0.1, 0.15) is 10.9 Å². The minimum Gasteiger partial charge on any atom is -0.467 e. The first-order valence-corrected chi connectivity index (χ1v) is 9.95. The number of pyridine rings is 1. The Labute approximate surface area is 184 Å². The minimum atomic E-state index is -0.0343. The number of rotatable bonds is 7. The van der Waals surface area contributed by atoms with Crippen LogP contribution < -0.4 is 10.5 Å². The molecule has 1 atom stereocenters. The van der Waals surface area contributed by atoms with Crippen molar-refractivity contribution in [2.45, 2.75) is 13.0 Å². The van der Waals surface area contributed by atoms with Gasteiger partial charge in [0.25, 0.3) is 0 Å². The fourth-order valence-corrected chi connectivity index (χ4v) is 3.39. The molecule has 0 aliphatic heterocycles. The van der Waals surface area contributed by atoms with Crippen LogP contribution in [0.5, 0.6) is 5.75 Å². The van der Waals surface area contributed by atoms with Crippen LogP contribution in [0.25, 0.3) is 22.4 Å². The smallest absolute Gasteiger partial charge is 0.188 e. The van der Waals surface area contributed by atoms with Gasteiger partial charge < -0.3 is 15.2 Å². The third-order valence-electron chi connectivity index (χ3n) is 4.86. The monoisotopic (exact) mass is 436 g/mol. The standard InChI is InChI=1S/C22H21ClN6O2/c1-14(15-7-8-25-21(23)9-15)29-12-16(11-26-29)18-10-19(27-28-22(18)24)17-5-3-4-6-20(17)31-13-30-2/h3-12,14H,13H2,1-2H3,(H2,24,28). The quantitative estimate of drug-likeness (QED) is 0.341. The summed E-state index contributed by atoms with van der Waals surface area (Å²) < 4.78 is 12.5. The van der Waals surface area contributed by atoms with E-state index in [9.17, 15) is 0 Å². The van der Waals surface area contributed by atoms with Crippen LogP contribution in [0.2, 0.25) is 5.15 Å². The molecule has 3 heterocycles. The van der Waals surface area contributed by atoms with Crippen molar-refractivity contribution in [2.75, 3.05) is 19.6 Å². The van der Waals surface area contributed by atoms with E-state index in [4.69, 9.17) is 26.8 Å². The molecule has 2 N–H and O–H groups in total. The summed E-state index contributed by atoms with van der Waals surface area (Å²) in [5.41, 5.74) is 10.1. The molecule has 0 bridgehead atoms. The summed E-state index contributed by atoms with van der Waals surface area (Å²) in [5.74, 6) is 0.964. The van der Waals surface area contributed by atoms with Gasteiger partial charge in [-0.3, -0.25) is 4.68 Å². The molecule has 3 aromatic heterocycles. The summed E-state index contributed by atoms with van der Waals surface area (Å²) in [5, 5.41) is 13.4. The highest BCUT2D eigenvalue weighted by molar-refractivity contribution is 6.29. The first-order valence-electron chi connectivity index (χ1n) is 9.57. The van der Waals surface area contributed by atoms with Gasteiger partial charge in [0.05, 0.1) is 17.9 Å². The normalized spacial score (nSPS) is 12.0. The number of nitrogens with two attached hydrogens (primary N) is 1. The van der Waals surface area contributed by atoms with Gasteiger partial charge >= 0.3 is 0 Å². The third-order valence-corrected chi connectivity index (χ3v) is 5.07. The van der Waals surface area contributed by atoms with Crippen LogP contribution in [0.15, 0.2) is 61.1 Å². The first kappa shape index (κ1) is 20.8. The molecule has 158 valence electrons. The lowest BCUT2D eigenvalue weighted by atomic mass is 10.1. The summed E-state index contributed by atoms with van der Waals surface area (Å²) in [6.07, 6.45) is 5.35. The number of nitrogen functional groups attached to an aromatic ring is 1. The maximum absolute atomic E-state index is 6.15. The zero-order chi connectivity index (χ0) is 21.8. The van der Waals surface area contributed by atoms with Gasteiger partial charge in [-0.1, -0.05) is 23.7 Å². The highest BCUT2D eigenvalue weighted by Gasteiger charge is 2.16. The summed E-state index contributed by atoms with van der Waals surface area (Å²) in [4.78, 5) is 4.03. The average molecular weight is 437 g/mol. The fourth-order valence-electron chi connectivity index (χ4n) is 3.21. The second-order valence-electron chi connectivity index (χ2n) is 6.87. The molecule has 0 amide bonds. The number of halogens is 1. The lowest BCUT2D eigenvalue weighted by Gasteiger charge is -2.13. The molecule has 4 rings (SSSR count). The van der Waals surface area contributed by atoms with E-state index in [0.717, 1.165) is 22.3 Å². The Balaban J connectivity index is 1.68. The Morgan fingerprint density at radius 2 is 1.97 bits per heavy atom. The van der Waals surface area contributed by atoms with Crippen LogP contribution in [0.4, 0.5) is 5.82 Å². The molecule has 4 aromatic rings. The summed E-state index contributed by atoms with van der Waals surface area (Å²) in [6, 6.07) is 13.1. The second-order valence-corrected chi connectivity index (χ2v) is 7.26. The van der Waals surface area contributed by atoms with Gasteiger partial charge in [0.15, 0.2) is 12.6 Å². The number of para-hydroxylation sites is 1. The molecule has 31 heavy (non-hydrogen) atoms. The highest BCUT2D eigenvalue weighted by atomic mass is 35.5. The molecular weight excluding hydrogens is 416 g/mol. The maximum Gasteiger partial charge on any atom is 0.188 e. The molecule has 0 spiro atoms. The number of aromatic nitrogens is 5. The first-order chi connectivity index (χ1) is 15.1. The Morgan fingerprint density at radius 3 is 2.77 bits per heavy atom. The number of ether oxygens (including phenoxy) is 2. The van der Waals surface area contributed by atoms with Gasteiger partial charge in [0.2, 0.25) is 0 Å². The van der Waals surface area contributed by atoms with E-state index >= 15 is 0 Å². The van der Waals surface area contributed by atoms with Crippen LogP contribution in [-0.2, 0) is 4.74 Å². The molecule has 0 aliphatic carbocycles. The molecule has 1 unspecified atom stereocenters. The number of hydrogen-bond acceptors (Lipinski definition) is 7. The molecular formula is C22H21ClN6O2. The molecule has 8 nitrogen and oxygen atoms in total. The second kappa shape index (κ2) is 9.11. The van der Waals surface area contributed by atoms with Crippen LogP contribution in [0, 0.1) is 0 Å². The SMILES string of the molecule is COCOc1ccccc1-c1cc(-c2cnn(C(C)c3ccnc(Cl)c3)c2)c(N)nn1. The lowest BCUT2D eigenvalue weighted by molar-refractivity contribution is 0.0515. The molecule has 0 saturated heterocycles. The average Bonchev–Trinajstić information content (AvgIpc) is 3.28. The van der Waals surface area contributed by atoms with Crippen molar-refractivity contribution < 1.29 is 9.47 Å². The van der Waals surface area contributed by atoms with Gasteiger partial charge in [-0.05, 0) is 42.8 Å². The minimum absolute atomic E-state index is 0.0343. The number of hydrogen-bond donors (Lipinski definition) is 1. The number of anilines is 1. The Morgan fingerprint density at radius 1 is 1.13 bits per heavy atom. The molecule has 1 aromatic carbocycles. The fraction of sp³-hybridized carbons (Fsp3) is 0.182. The zero-order valence-electron chi connectivity index (χ0n) is 17.1. The number of benzene rings is 1. The van der Waals surface area contributed by atoms with Crippen molar-refractivity contribution in [2.24, 2.45) is 0 Å². The van der Waals surface area contributed by atoms with Crippen molar-refractivity contribution in [3.63, 3.8) is 0 Å². The van der Waals surface area contributed by atoms with Crippen molar-refractivity contribution in [3.8, 4) is 28.1 Å². The number of nitrogens with zero attached hydrogens (tertiary/aromatic N) is 5. The van der Waals surface area contributed by atoms with E-state index in [1.165, 1.54) is 0 Å². The molecule has 0 saturated carbocycles. The van der Waals surface area contributed by atoms with Gasteiger partial charge in [0, 0.05) is 36.2 Å². The van der Waals surface area contributed by atoms with E-state index in [0.29, 0.717) is 22.4 Å². The van der Waals surface area contributed by atoms with Gasteiger partial charge in [-0.15, -0.1) is 10.2 Å². The van der Waals surface area contributed by atoms with E-state index in [1.807, 2.05) is 60.3 Å². The highest BCUT2D eigenvalue weighted by Crippen LogP contribution is 2.33. The lowest BCUT2D eigenvalue weighted by Crippen LogP contribution is -2.07. The molecule has 0 radical (unpaired) electrons. The van der Waals surface area contributed by atoms with Crippen molar-refractivity contribution in [1.82, 2.24) is 25.0 Å². The van der Waals surface area contributed by atoms with Gasteiger partial charge in [-0.2, -0.15) is 5.10 Å². The Bertz CT molecular complexity index is 1200. The Hall–Kier alpha value is -3.49. The maximum atomic E-state index is 6.15. The summed E-state index contributed by atoms with van der Waals surface area (Å²) in [7, 11) is 1.57. The van der Waals surface area contributed by atoms with Crippen LogP contribution in [-0.4, -0.2) is 38.9 Å². The van der Waals surface area contributed by atoms with Crippen LogP contribution in [0.3, 0.4) is 0 Å². The molecule has 0 fully saturated rings. The van der Waals surface area contributed by atoms with Crippen molar-refractivity contribution >= 4 is 17.4 Å². The van der Waals surface area contributed by atoms with E-state index in [1.54, 1.807) is 19.5 Å². The van der Waals surface area contributed by atoms with Crippen molar-refractivity contribution in [3.05, 3.63) is 71.8 Å². The van der Waals surface area contributed by atoms with Gasteiger partial charge in [-0.25, -0.2) is 4.98 Å². The summed E-state index contributed by atoms with van der Waals surface area (Å²) >= 11 is 6.03.